The number of aromatic nitrogens is 4. The molecule has 0 aliphatic carbocycles. The molecule has 0 N–H and O–H groups in total. The van der Waals surface area contributed by atoms with Crippen LogP contribution in [0.1, 0.15) is 38.8 Å². The zero-order valence-electron chi connectivity index (χ0n) is 35.9. The van der Waals surface area contributed by atoms with E-state index in [-0.39, 0.29) is 65.0 Å². The first-order valence-electron chi connectivity index (χ1n) is 19.9. The van der Waals surface area contributed by atoms with Crippen LogP contribution >= 0.6 is 0 Å². The Morgan fingerprint density at radius 2 is 1.65 bits per heavy atom. The van der Waals surface area contributed by atoms with Gasteiger partial charge in [-0.25, -0.2) is 4.98 Å². The fourth-order valence-corrected chi connectivity index (χ4v) is 5.11. The molecule has 0 bridgehead atoms. The Morgan fingerprint density at radius 1 is 0.696 bits per heavy atom. The topological polar surface area (TPSA) is 64.7 Å². The van der Waals surface area contributed by atoms with E-state index in [4.69, 9.17) is 20.9 Å². The SMILES string of the molecule is [2H]C([2H])([2H])c1ccc(-c2[c-]cccc2)nc1.[2H]C([2H])([2H])c1ccc2c(n1)oc1c(-c3cc(-c4ccc5ncccc5c4C([2H])([2H])[2H])c(C([2H])([2H])[2H])cn3)[c-]ccc12.[Ir]. The molecule has 5 nitrogen and oxygen atoms in total. The Labute approximate surface area is 298 Å². The summed E-state index contributed by atoms with van der Waals surface area (Å²) >= 11 is 0. The maximum absolute atomic E-state index is 8.30. The van der Waals surface area contributed by atoms with Crippen LogP contribution < -0.4 is 0 Å². The van der Waals surface area contributed by atoms with Gasteiger partial charge >= 0.3 is 0 Å². The minimum absolute atomic E-state index is 0. The normalized spacial score (nSPS) is 15.8. The van der Waals surface area contributed by atoms with E-state index in [1.807, 2.05) is 18.2 Å². The first-order chi connectivity index (χ1) is 26.8. The number of fused-ring (bicyclic) bond motifs is 4. The molecule has 6 heteroatoms. The molecule has 5 heterocycles. The average Bonchev–Trinajstić information content (AvgIpc) is 3.55. The summed E-state index contributed by atoms with van der Waals surface area (Å²) in [6.45, 7) is -9.68. The van der Waals surface area contributed by atoms with Gasteiger partial charge in [-0.05, 0) is 90.9 Å². The van der Waals surface area contributed by atoms with Crippen molar-refractivity contribution < 1.29 is 41.0 Å². The maximum Gasteiger partial charge on any atom is 0.216 e. The van der Waals surface area contributed by atoms with Gasteiger partial charge in [0.2, 0.25) is 5.71 Å². The zero-order valence-corrected chi connectivity index (χ0v) is 26.3. The summed E-state index contributed by atoms with van der Waals surface area (Å²) in [5.41, 5.74) is 3.60. The van der Waals surface area contributed by atoms with Crippen molar-refractivity contribution in [2.75, 3.05) is 0 Å². The molecule has 0 amide bonds. The monoisotopic (exact) mass is 787 g/mol. The van der Waals surface area contributed by atoms with E-state index in [0.29, 0.717) is 32.8 Å². The largest absolute Gasteiger partial charge is 0.486 e. The molecule has 0 spiro atoms. The van der Waals surface area contributed by atoms with Gasteiger partial charge in [-0.15, -0.1) is 54.1 Å². The fourth-order valence-electron chi connectivity index (χ4n) is 5.11. The zero-order chi connectivity index (χ0) is 40.9. The van der Waals surface area contributed by atoms with Gasteiger partial charge in [-0.3, -0.25) is 4.98 Å². The smallest absolute Gasteiger partial charge is 0.216 e. The van der Waals surface area contributed by atoms with E-state index in [9.17, 15) is 0 Å². The van der Waals surface area contributed by atoms with E-state index in [1.165, 1.54) is 24.5 Å². The molecule has 8 rings (SSSR count). The molecule has 0 fully saturated rings. The molecule has 0 saturated carbocycles. The summed E-state index contributed by atoms with van der Waals surface area (Å²) < 4.78 is 100. The molecular weight excluding hydrogens is 745 g/mol. The summed E-state index contributed by atoms with van der Waals surface area (Å²) in [4.78, 5) is 17.0. The van der Waals surface area contributed by atoms with Gasteiger partial charge in [0.05, 0.1) is 11.1 Å². The van der Waals surface area contributed by atoms with Gasteiger partial charge in [-0.2, -0.15) is 0 Å². The molecule has 46 heavy (non-hydrogen) atoms. The van der Waals surface area contributed by atoms with Crippen molar-refractivity contribution in [3.63, 3.8) is 0 Å². The summed E-state index contributed by atoms with van der Waals surface area (Å²) in [5, 5.41) is 1.62. The molecule has 0 aliphatic rings. The minimum atomic E-state index is -2.60. The van der Waals surface area contributed by atoms with Gasteiger partial charge in [-0.1, -0.05) is 41.3 Å². The Bertz CT molecular complexity index is 2740. The number of aryl methyl sites for hydroxylation is 4. The van der Waals surface area contributed by atoms with Crippen molar-refractivity contribution in [1.29, 1.82) is 0 Å². The molecule has 0 atom stereocenters. The van der Waals surface area contributed by atoms with Crippen LogP contribution in [0.15, 0.2) is 114 Å². The van der Waals surface area contributed by atoms with Crippen molar-refractivity contribution in [1.82, 2.24) is 19.9 Å². The average molecular weight is 787 g/mol. The number of pyridine rings is 4. The van der Waals surface area contributed by atoms with Crippen LogP contribution in [0, 0.1) is 39.5 Å². The van der Waals surface area contributed by atoms with Crippen LogP contribution in [-0.4, -0.2) is 19.9 Å². The van der Waals surface area contributed by atoms with Crippen LogP contribution in [0.2, 0.25) is 0 Å². The minimum Gasteiger partial charge on any atom is -0.486 e. The second-order valence-corrected chi connectivity index (χ2v) is 10.1. The van der Waals surface area contributed by atoms with Crippen LogP contribution in [-0.2, 0) is 20.1 Å². The summed E-state index contributed by atoms with van der Waals surface area (Å²) in [6.07, 6.45) is 4.17. The van der Waals surface area contributed by atoms with Gasteiger partial charge in [0, 0.05) is 71.6 Å². The van der Waals surface area contributed by atoms with E-state index in [2.05, 4.69) is 32.1 Å². The number of rotatable bonds is 3. The van der Waals surface area contributed by atoms with Crippen LogP contribution in [0.5, 0.6) is 0 Å². The van der Waals surface area contributed by atoms with E-state index >= 15 is 0 Å². The first kappa shape index (κ1) is 19.5. The summed E-state index contributed by atoms with van der Waals surface area (Å²) in [5.74, 6) is 0. The number of nitrogens with zero attached hydrogens (tertiary/aromatic N) is 4. The van der Waals surface area contributed by atoms with E-state index in [1.54, 1.807) is 66.9 Å². The molecule has 1 radical (unpaired) electrons. The fraction of sp³-hybridized carbons (Fsp3) is 0.100. The predicted molar refractivity (Wildman–Crippen MR) is 182 cm³/mol. The second-order valence-electron chi connectivity index (χ2n) is 10.1. The second kappa shape index (κ2) is 13.1. The number of benzene rings is 3. The van der Waals surface area contributed by atoms with Gasteiger partial charge in [0.15, 0.2) is 0 Å². The van der Waals surface area contributed by atoms with Crippen LogP contribution in [0.3, 0.4) is 0 Å². The third-order valence-electron chi connectivity index (χ3n) is 7.28. The Morgan fingerprint density at radius 3 is 2.46 bits per heavy atom. The third-order valence-corrected chi connectivity index (χ3v) is 7.28. The van der Waals surface area contributed by atoms with Crippen molar-refractivity contribution in [3.8, 4) is 33.6 Å². The Kier molecular flexibility index (Phi) is 5.56. The molecule has 0 unspecified atom stereocenters. The standard InChI is InChI=1S/C28H20N3O.C12H10N.Ir/c1-16-15-30-26(14-24(16)19-11-12-25-20(18(19)3)8-5-13-29-25)23-7-4-6-21-22-10-9-17(2)31-28(22)32-27(21)23;1-10-7-8-12(13-9-10)11-5-3-2-4-6-11;/h4-6,8-15H,1-3H3;2-5,7-9H,1H3;/q2*-1;/i1D3,2D3,3D3;1D3;. The number of hydrogen-bond donors (Lipinski definition) is 0. The molecule has 0 saturated heterocycles. The molecule has 8 aromatic rings. The van der Waals surface area contributed by atoms with E-state index < -0.39 is 27.4 Å². The van der Waals surface area contributed by atoms with Crippen molar-refractivity contribution in [2.45, 2.75) is 27.4 Å². The van der Waals surface area contributed by atoms with Crippen LogP contribution in [0.4, 0.5) is 0 Å². The van der Waals surface area contributed by atoms with Crippen molar-refractivity contribution in [3.05, 3.63) is 144 Å². The molecular formula is C40H30IrN4O-2. The first-order valence-corrected chi connectivity index (χ1v) is 13.9. The van der Waals surface area contributed by atoms with Gasteiger partial charge < -0.3 is 14.4 Å². The summed E-state index contributed by atoms with van der Waals surface area (Å²) in [6, 6.07) is 31.3. The number of hydrogen-bond acceptors (Lipinski definition) is 5. The quantitative estimate of drug-likeness (QED) is 0.167. The molecule has 3 aromatic carbocycles. The maximum atomic E-state index is 8.30. The Balaban J connectivity index is 0.000000280. The molecule has 0 aliphatic heterocycles. The Hall–Kier alpha value is -5.03. The van der Waals surface area contributed by atoms with Crippen LogP contribution in [0.25, 0.3) is 66.6 Å². The summed E-state index contributed by atoms with van der Waals surface area (Å²) in [7, 11) is 0. The number of furan rings is 1. The predicted octanol–water partition coefficient (Wildman–Crippen LogP) is 9.84. The molecule has 5 aromatic heterocycles. The van der Waals surface area contributed by atoms with Gasteiger partial charge in [0.1, 0.15) is 0 Å². The van der Waals surface area contributed by atoms with E-state index in [0.717, 1.165) is 11.3 Å². The van der Waals surface area contributed by atoms with Crippen molar-refractivity contribution >= 4 is 33.0 Å². The van der Waals surface area contributed by atoms with Crippen molar-refractivity contribution in [2.24, 2.45) is 0 Å². The van der Waals surface area contributed by atoms with Gasteiger partial charge in [0.25, 0.3) is 0 Å². The molecule has 227 valence electrons. The third kappa shape index (κ3) is 5.97.